The van der Waals surface area contributed by atoms with Crippen molar-refractivity contribution in [3.63, 3.8) is 0 Å². The molecular weight excluding hydrogens is 432 g/mol. The molecule has 0 bridgehead atoms. The van der Waals surface area contributed by atoms with Crippen molar-refractivity contribution in [2.45, 2.75) is 57.4 Å². The van der Waals surface area contributed by atoms with Gasteiger partial charge in [-0.15, -0.1) is 5.10 Å². The Labute approximate surface area is 186 Å². The fourth-order valence-corrected chi connectivity index (χ4v) is 6.06. The molecule has 1 saturated carbocycles. The van der Waals surface area contributed by atoms with Crippen LogP contribution in [0.1, 0.15) is 40.0 Å². The van der Waals surface area contributed by atoms with E-state index < -0.39 is 10.0 Å². The molecule has 2 atom stereocenters. The quantitative estimate of drug-likeness (QED) is 0.547. The molecule has 32 heavy (non-hydrogen) atoms. The number of fused-ring (bicyclic) bond motifs is 1. The summed E-state index contributed by atoms with van der Waals surface area (Å²) < 4.78 is 34.5. The number of H-pyrrole nitrogens is 1. The number of hydrogen-bond donors (Lipinski definition) is 2. The summed E-state index contributed by atoms with van der Waals surface area (Å²) in [7, 11) is -3.14. The topological polar surface area (TPSA) is 130 Å². The fourth-order valence-electron chi connectivity index (χ4n) is 4.10. The molecule has 3 aromatic rings. The van der Waals surface area contributed by atoms with Crippen molar-refractivity contribution in [2.24, 2.45) is 5.92 Å². The summed E-state index contributed by atoms with van der Waals surface area (Å²) in [5.41, 5.74) is 1.99. The predicted octanol–water partition coefficient (Wildman–Crippen LogP) is 1.92. The summed E-state index contributed by atoms with van der Waals surface area (Å²) in [5, 5.41) is 14.7. The minimum Gasteiger partial charge on any atom is -0.473 e. The number of anilines is 1. The third-order valence-electron chi connectivity index (χ3n) is 5.94. The maximum Gasteiger partial charge on any atom is 0.244 e. The van der Waals surface area contributed by atoms with E-state index in [0.717, 1.165) is 18.4 Å². The van der Waals surface area contributed by atoms with Crippen LogP contribution in [-0.2, 0) is 10.0 Å². The summed E-state index contributed by atoms with van der Waals surface area (Å²) in [6.07, 6.45) is 7.29. The molecule has 0 radical (unpaired) electrons. The normalized spacial score (nSPS) is 22.5. The second-order valence-electron chi connectivity index (χ2n) is 8.89. The summed E-state index contributed by atoms with van der Waals surface area (Å²) in [6, 6.07) is 0.0776. The van der Waals surface area contributed by atoms with Crippen molar-refractivity contribution in [3.05, 3.63) is 18.6 Å². The van der Waals surface area contributed by atoms with Crippen molar-refractivity contribution in [1.29, 1.82) is 0 Å². The molecule has 0 aromatic carbocycles. The molecule has 3 aromatic heterocycles. The first-order valence-electron chi connectivity index (χ1n) is 11.0. The van der Waals surface area contributed by atoms with Crippen molar-refractivity contribution in [1.82, 2.24) is 34.1 Å². The lowest BCUT2D eigenvalue weighted by atomic mass is 9.95. The van der Waals surface area contributed by atoms with Gasteiger partial charge in [0.2, 0.25) is 21.9 Å². The fraction of sp³-hybridized carbons (Fsp3) is 0.600. The third kappa shape index (κ3) is 3.92. The number of nitrogens with one attached hydrogen (secondary N) is 2. The molecular formula is C20H28N8O3S. The number of nitrogens with zero attached hydrogens (tertiary/aromatic N) is 6. The van der Waals surface area contributed by atoms with E-state index in [-0.39, 0.29) is 23.3 Å². The Bertz CT molecular complexity index is 1200. The van der Waals surface area contributed by atoms with Crippen LogP contribution in [0.4, 0.5) is 5.95 Å². The maximum atomic E-state index is 12.6. The highest BCUT2D eigenvalue weighted by atomic mass is 32.2. The second-order valence-corrected chi connectivity index (χ2v) is 11.1. The molecule has 1 saturated heterocycles. The zero-order chi connectivity index (χ0) is 22.5. The van der Waals surface area contributed by atoms with E-state index in [9.17, 15) is 8.42 Å². The largest absolute Gasteiger partial charge is 0.473 e. The molecule has 2 N–H and O–H groups in total. The van der Waals surface area contributed by atoms with E-state index in [2.05, 4.69) is 37.5 Å². The Morgan fingerprint density at radius 3 is 2.72 bits per heavy atom. The van der Waals surface area contributed by atoms with Gasteiger partial charge in [-0.05, 0) is 39.0 Å². The number of rotatable bonds is 7. The van der Waals surface area contributed by atoms with Crippen LogP contribution in [0, 0.1) is 5.92 Å². The smallest absolute Gasteiger partial charge is 0.244 e. The molecule has 172 valence electrons. The zero-order valence-electron chi connectivity index (χ0n) is 18.4. The molecule has 2 aliphatic rings. The van der Waals surface area contributed by atoms with Gasteiger partial charge in [0.15, 0.2) is 5.65 Å². The lowest BCUT2D eigenvalue weighted by Gasteiger charge is -2.36. The Morgan fingerprint density at radius 1 is 1.25 bits per heavy atom. The van der Waals surface area contributed by atoms with E-state index in [1.54, 1.807) is 27.4 Å². The molecule has 0 amide bonds. The molecule has 5 rings (SSSR count). The molecule has 0 spiro atoms. The molecule has 1 aliphatic carbocycles. The lowest BCUT2D eigenvalue weighted by Crippen LogP contribution is -2.48. The van der Waals surface area contributed by atoms with E-state index in [1.807, 2.05) is 13.8 Å². The minimum atomic E-state index is -3.14. The predicted molar refractivity (Wildman–Crippen MR) is 119 cm³/mol. The number of piperidine rings is 1. The molecule has 11 nitrogen and oxygen atoms in total. The number of aromatic amines is 1. The second kappa shape index (κ2) is 8.00. The van der Waals surface area contributed by atoms with Gasteiger partial charge in [-0.25, -0.2) is 17.7 Å². The van der Waals surface area contributed by atoms with Crippen molar-refractivity contribution < 1.29 is 13.2 Å². The summed E-state index contributed by atoms with van der Waals surface area (Å²) in [6.45, 7) is 6.98. The first kappa shape index (κ1) is 21.1. The van der Waals surface area contributed by atoms with Crippen LogP contribution in [0.5, 0.6) is 5.88 Å². The molecule has 1 aliphatic heterocycles. The first-order chi connectivity index (χ1) is 15.3. The number of hydrogen-bond acceptors (Lipinski definition) is 8. The molecule has 0 unspecified atom stereocenters. The van der Waals surface area contributed by atoms with E-state index >= 15 is 0 Å². The van der Waals surface area contributed by atoms with E-state index in [4.69, 9.17) is 4.74 Å². The van der Waals surface area contributed by atoms with Crippen LogP contribution in [0.25, 0.3) is 16.9 Å². The average molecular weight is 461 g/mol. The number of ether oxygens (including phenoxy) is 1. The van der Waals surface area contributed by atoms with Crippen molar-refractivity contribution >= 4 is 21.6 Å². The Hall–Kier alpha value is -2.73. The first-order valence-corrected chi connectivity index (χ1v) is 12.5. The molecule has 12 heteroatoms. The third-order valence-corrected chi connectivity index (χ3v) is 8.31. The summed E-state index contributed by atoms with van der Waals surface area (Å²) in [4.78, 5) is 9.11. The Kier molecular flexibility index (Phi) is 5.28. The summed E-state index contributed by atoms with van der Waals surface area (Å²) in [5.74, 6) is 1.10. The van der Waals surface area contributed by atoms with Gasteiger partial charge in [0.25, 0.3) is 0 Å². The standard InChI is InChI=1S/C20H28N8O3S/c1-12(2)31-19-18(14-8-22-23-9-14)21-10-17-25-20(26-28(17)19)24-16-6-7-27(11-13(16)3)32(29,30)15-4-5-15/h8-10,12-13,15-16H,4-7,11H2,1-3H3,(H,22,23)(H,24,26)/t13-,16+/m1/s1. The van der Waals surface area contributed by atoms with Crippen LogP contribution in [0.3, 0.4) is 0 Å². The van der Waals surface area contributed by atoms with Crippen molar-refractivity contribution in [2.75, 3.05) is 18.4 Å². The van der Waals surface area contributed by atoms with Crippen LogP contribution in [0.2, 0.25) is 0 Å². The van der Waals surface area contributed by atoms with Gasteiger partial charge in [-0.3, -0.25) is 5.10 Å². The highest BCUT2D eigenvalue weighted by Gasteiger charge is 2.42. The number of sulfonamides is 1. The van der Waals surface area contributed by atoms with Gasteiger partial charge in [0.1, 0.15) is 5.69 Å². The van der Waals surface area contributed by atoms with Gasteiger partial charge >= 0.3 is 0 Å². The highest BCUT2D eigenvalue weighted by Crippen LogP contribution is 2.34. The van der Waals surface area contributed by atoms with Crippen LogP contribution < -0.4 is 10.1 Å². The number of aromatic nitrogens is 6. The van der Waals surface area contributed by atoms with Crippen molar-refractivity contribution in [3.8, 4) is 17.1 Å². The van der Waals surface area contributed by atoms with Gasteiger partial charge in [-0.2, -0.15) is 14.6 Å². The van der Waals surface area contributed by atoms with Gasteiger partial charge in [-0.1, -0.05) is 6.92 Å². The average Bonchev–Trinajstić information content (AvgIpc) is 3.32. The highest BCUT2D eigenvalue weighted by molar-refractivity contribution is 7.90. The van der Waals surface area contributed by atoms with E-state index in [1.165, 1.54) is 0 Å². The molecule has 4 heterocycles. The van der Waals surface area contributed by atoms with E-state index in [0.29, 0.717) is 42.7 Å². The van der Waals surface area contributed by atoms with Gasteiger partial charge < -0.3 is 10.1 Å². The van der Waals surface area contributed by atoms with Gasteiger partial charge in [0.05, 0.1) is 23.7 Å². The summed E-state index contributed by atoms with van der Waals surface area (Å²) >= 11 is 0. The zero-order valence-corrected chi connectivity index (χ0v) is 19.2. The SMILES string of the molecule is CC(C)Oc1c(-c2cn[nH]c2)ncc2nc(N[C@H]3CCN(S(=O)(=O)C4CC4)C[C@H]3C)nn12. The van der Waals surface area contributed by atoms with Crippen LogP contribution in [0.15, 0.2) is 18.6 Å². The van der Waals surface area contributed by atoms with Crippen LogP contribution in [-0.4, -0.2) is 73.0 Å². The maximum absolute atomic E-state index is 12.6. The van der Waals surface area contributed by atoms with Crippen LogP contribution >= 0.6 is 0 Å². The lowest BCUT2D eigenvalue weighted by molar-refractivity contribution is 0.227. The Morgan fingerprint density at radius 2 is 2.06 bits per heavy atom. The Balaban J connectivity index is 1.38. The molecule has 2 fully saturated rings. The minimum absolute atomic E-state index is 0.0774. The monoisotopic (exact) mass is 460 g/mol. The van der Waals surface area contributed by atoms with Gasteiger partial charge in [0, 0.05) is 30.9 Å².